The maximum atomic E-state index is 10.8. The summed E-state index contributed by atoms with van der Waals surface area (Å²) in [4.78, 5) is 30.1. The zero-order chi connectivity index (χ0) is 14.4. The third-order valence-corrected chi connectivity index (χ3v) is 2.05. The molecule has 1 amide bonds. The normalized spacial score (nSPS) is 9.68. The van der Waals surface area contributed by atoms with Gasteiger partial charge < -0.3 is 15.8 Å². The lowest BCUT2D eigenvalue weighted by atomic mass is 10.2. The maximum Gasteiger partial charge on any atom is 0.404 e. The number of hydrogen-bond donors (Lipinski definition) is 2. The van der Waals surface area contributed by atoms with Crippen molar-refractivity contribution in [1.82, 2.24) is 0 Å². The summed E-state index contributed by atoms with van der Waals surface area (Å²) in [7, 11) is 0. The average molecular weight is 270 g/mol. The first-order chi connectivity index (χ1) is 8.91. The highest BCUT2D eigenvalue weighted by Crippen LogP contribution is 2.28. The Balaban J connectivity index is 2.79. The van der Waals surface area contributed by atoms with Crippen molar-refractivity contribution in [3.8, 4) is 0 Å². The largest absolute Gasteiger partial charge is 0.448 e. The van der Waals surface area contributed by atoms with Crippen molar-refractivity contribution in [1.29, 1.82) is 0 Å². The molecule has 0 saturated heterocycles. The van der Waals surface area contributed by atoms with Crippen LogP contribution in [0.5, 0.6) is 0 Å². The summed E-state index contributed by atoms with van der Waals surface area (Å²) >= 11 is 0. The van der Waals surface area contributed by atoms with Crippen molar-refractivity contribution in [2.24, 2.45) is 5.73 Å². The van der Waals surface area contributed by atoms with Crippen LogP contribution in [0.2, 0.25) is 0 Å². The molecule has 0 radical (unpaired) electrons. The van der Waals surface area contributed by atoms with Gasteiger partial charge in [-0.25, -0.2) is 4.79 Å². The molecule has 0 aliphatic rings. The molecule has 1 aromatic rings. The minimum absolute atomic E-state index is 0.0799. The van der Waals surface area contributed by atoms with Crippen LogP contribution in [0.15, 0.2) is 18.2 Å². The Labute approximate surface area is 106 Å². The number of nitro groups is 2. The SMILES string of the molecule is NC(=O)OCCNc1ccc([N+](=O)[O-])cc1[N+](=O)[O-]. The highest BCUT2D eigenvalue weighted by molar-refractivity contribution is 5.66. The topological polar surface area (TPSA) is 151 Å². The first-order valence-corrected chi connectivity index (χ1v) is 5.00. The van der Waals surface area contributed by atoms with Gasteiger partial charge in [0.05, 0.1) is 15.9 Å². The van der Waals surface area contributed by atoms with E-state index in [0.29, 0.717) is 0 Å². The van der Waals surface area contributed by atoms with Crippen LogP contribution >= 0.6 is 0 Å². The van der Waals surface area contributed by atoms with Gasteiger partial charge in [0.25, 0.3) is 11.4 Å². The molecular weight excluding hydrogens is 260 g/mol. The second-order valence-corrected chi connectivity index (χ2v) is 3.31. The summed E-state index contributed by atoms with van der Waals surface area (Å²) in [5.74, 6) is 0. The number of nitrogens with zero attached hydrogens (tertiary/aromatic N) is 2. The second kappa shape index (κ2) is 6.14. The van der Waals surface area contributed by atoms with Gasteiger partial charge in [0.1, 0.15) is 12.3 Å². The fourth-order valence-electron chi connectivity index (χ4n) is 1.27. The Bertz CT molecular complexity index is 517. The van der Waals surface area contributed by atoms with Crippen LogP contribution in [0.4, 0.5) is 21.9 Å². The van der Waals surface area contributed by atoms with Crippen LogP contribution in [0.25, 0.3) is 0 Å². The van der Waals surface area contributed by atoms with Crippen molar-refractivity contribution in [3.05, 3.63) is 38.4 Å². The fraction of sp³-hybridized carbons (Fsp3) is 0.222. The van der Waals surface area contributed by atoms with Crippen molar-refractivity contribution < 1.29 is 19.4 Å². The van der Waals surface area contributed by atoms with Crippen molar-refractivity contribution >= 4 is 23.2 Å². The summed E-state index contributed by atoms with van der Waals surface area (Å²) in [6.45, 7) is 0.00503. The monoisotopic (exact) mass is 270 g/mol. The summed E-state index contributed by atoms with van der Waals surface area (Å²) in [6.07, 6.45) is -0.958. The lowest BCUT2D eigenvalue weighted by molar-refractivity contribution is -0.393. The molecule has 0 fully saturated rings. The maximum absolute atomic E-state index is 10.8. The van der Waals surface area contributed by atoms with E-state index in [1.165, 1.54) is 6.07 Å². The Morgan fingerprint density at radius 1 is 1.32 bits per heavy atom. The third kappa shape index (κ3) is 4.11. The molecule has 0 spiro atoms. The molecule has 0 atom stereocenters. The molecule has 0 aromatic heterocycles. The molecule has 10 heteroatoms. The van der Waals surface area contributed by atoms with Crippen molar-refractivity contribution in [3.63, 3.8) is 0 Å². The van der Waals surface area contributed by atoms with Crippen molar-refractivity contribution in [2.45, 2.75) is 0 Å². The van der Waals surface area contributed by atoms with Crippen LogP contribution in [-0.4, -0.2) is 29.1 Å². The first kappa shape index (κ1) is 14.2. The number of nitrogens with two attached hydrogens (primary N) is 1. The predicted molar refractivity (Wildman–Crippen MR) is 63.8 cm³/mol. The minimum Gasteiger partial charge on any atom is -0.448 e. The molecular formula is C9H10N4O6. The number of ether oxygens (including phenoxy) is 1. The molecule has 1 rings (SSSR count). The minimum atomic E-state index is -0.958. The zero-order valence-corrected chi connectivity index (χ0v) is 9.57. The Morgan fingerprint density at radius 2 is 2.00 bits per heavy atom. The van der Waals surface area contributed by atoms with Gasteiger partial charge in [0.2, 0.25) is 0 Å². The van der Waals surface area contributed by atoms with E-state index in [1.54, 1.807) is 0 Å². The number of carbonyl (C=O) groups is 1. The summed E-state index contributed by atoms with van der Waals surface area (Å²) < 4.78 is 4.42. The summed E-state index contributed by atoms with van der Waals surface area (Å²) in [6, 6.07) is 3.18. The number of carbonyl (C=O) groups excluding carboxylic acids is 1. The quantitative estimate of drug-likeness (QED) is 0.444. The van der Waals surface area contributed by atoms with Crippen molar-refractivity contribution in [2.75, 3.05) is 18.5 Å². The lowest BCUT2D eigenvalue weighted by Gasteiger charge is -2.06. The molecule has 0 heterocycles. The molecule has 0 saturated carbocycles. The Kier molecular flexibility index (Phi) is 4.57. The van der Waals surface area contributed by atoms with E-state index in [4.69, 9.17) is 5.73 Å². The van der Waals surface area contributed by atoms with E-state index in [1.807, 2.05) is 0 Å². The molecule has 10 nitrogen and oxygen atoms in total. The van der Waals surface area contributed by atoms with Crippen LogP contribution in [0, 0.1) is 20.2 Å². The molecule has 0 aliphatic carbocycles. The van der Waals surface area contributed by atoms with Gasteiger partial charge in [0.15, 0.2) is 0 Å². The number of nitro benzene ring substituents is 2. The van der Waals surface area contributed by atoms with E-state index in [2.05, 4.69) is 10.1 Å². The van der Waals surface area contributed by atoms with E-state index in [0.717, 1.165) is 12.1 Å². The van der Waals surface area contributed by atoms with E-state index >= 15 is 0 Å². The highest BCUT2D eigenvalue weighted by Gasteiger charge is 2.18. The van der Waals surface area contributed by atoms with Gasteiger partial charge in [-0.05, 0) is 6.07 Å². The molecule has 3 N–H and O–H groups in total. The standard InChI is InChI=1S/C9H10N4O6/c10-9(14)19-4-3-11-7-2-1-6(12(15)16)5-8(7)13(17)18/h1-2,5,11H,3-4H2,(H2,10,14). The smallest absolute Gasteiger partial charge is 0.404 e. The van der Waals surface area contributed by atoms with Gasteiger partial charge in [-0.2, -0.15) is 0 Å². The summed E-state index contributed by atoms with van der Waals surface area (Å²) in [5, 5.41) is 23.9. The molecule has 0 bridgehead atoms. The number of hydrogen-bond acceptors (Lipinski definition) is 7. The first-order valence-electron chi connectivity index (χ1n) is 5.00. The number of anilines is 1. The molecule has 1 aromatic carbocycles. The van der Waals surface area contributed by atoms with E-state index < -0.39 is 21.6 Å². The molecule has 0 aliphatic heterocycles. The van der Waals surface area contributed by atoms with Gasteiger partial charge in [0, 0.05) is 12.6 Å². The Morgan fingerprint density at radius 3 is 2.53 bits per heavy atom. The number of benzene rings is 1. The predicted octanol–water partition coefficient (Wildman–Crippen LogP) is 1.01. The van der Waals surface area contributed by atoms with E-state index in [9.17, 15) is 25.0 Å². The van der Waals surface area contributed by atoms with Gasteiger partial charge in [-0.1, -0.05) is 0 Å². The van der Waals surface area contributed by atoms with Gasteiger partial charge in [-0.3, -0.25) is 20.2 Å². The van der Waals surface area contributed by atoms with Crippen LogP contribution in [0.1, 0.15) is 0 Å². The highest BCUT2D eigenvalue weighted by atomic mass is 16.6. The average Bonchev–Trinajstić information content (AvgIpc) is 2.34. The number of rotatable bonds is 6. The van der Waals surface area contributed by atoms with Crippen LogP contribution in [-0.2, 0) is 4.74 Å². The van der Waals surface area contributed by atoms with E-state index in [-0.39, 0.29) is 24.5 Å². The second-order valence-electron chi connectivity index (χ2n) is 3.31. The molecule has 19 heavy (non-hydrogen) atoms. The Hall–Kier alpha value is -2.91. The lowest BCUT2D eigenvalue weighted by Crippen LogP contribution is -2.18. The third-order valence-electron chi connectivity index (χ3n) is 2.05. The number of amides is 1. The summed E-state index contributed by atoms with van der Waals surface area (Å²) in [5.41, 5.74) is 4.00. The van der Waals surface area contributed by atoms with Crippen LogP contribution < -0.4 is 11.1 Å². The van der Waals surface area contributed by atoms with Gasteiger partial charge in [-0.15, -0.1) is 0 Å². The molecule has 0 unspecified atom stereocenters. The molecule has 102 valence electrons. The van der Waals surface area contributed by atoms with Gasteiger partial charge >= 0.3 is 6.09 Å². The number of nitrogens with one attached hydrogen (secondary N) is 1. The number of primary amides is 1. The zero-order valence-electron chi connectivity index (χ0n) is 9.57. The fourth-order valence-corrected chi connectivity index (χ4v) is 1.27. The number of non-ortho nitro benzene ring substituents is 1. The van der Waals surface area contributed by atoms with Crippen LogP contribution in [0.3, 0.4) is 0 Å².